The van der Waals surface area contributed by atoms with E-state index in [1.165, 1.54) is 5.56 Å². The van der Waals surface area contributed by atoms with E-state index in [1.807, 2.05) is 24.3 Å². The maximum absolute atomic E-state index is 12.2. The van der Waals surface area contributed by atoms with Gasteiger partial charge in [0, 0.05) is 5.69 Å². The van der Waals surface area contributed by atoms with Gasteiger partial charge >= 0.3 is 0 Å². The molecule has 2 unspecified atom stereocenters. The summed E-state index contributed by atoms with van der Waals surface area (Å²) in [6.07, 6.45) is 2.17. The van der Waals surface area contributed by atoms with Gasteiger partial charge in [0.15, 0.2) is 0 Å². The maximum Gasteiger partial charge on any atom is 0.228 e. The van der Waals surface area contributed by atoms with Crippen molar-refractivity contribution in [2.75, 3.05) is 5.32 Å². The van der Waals surface area contributed by atoms with Crippen molar-refractivity contribution in [1.29, 1.82) is 0 Å². The van der Waals surface area contributed by atoms with Crippen molar-refractivity contribution in [2.24, 2.45) is 11.8 Å². The molecular formula is C19H22N2O3. The van der Waals surface area contributed by atoms with Crippen molar-refractivity contribution in [3.63, 3.8) is 0 Å². The summed E-state index contributed by atoms with van der Waals surface area (Å²) in [5, 5.41) is 5.69. The second kappa shape index (κ2) is 6.91. The Morgan fingerprint density at radius 3 is 2.46 bits per heavy atom. The lowest BCUT2D eigenvalue weighted by Crippen LogP contribution is -2.26. The first kappa shape index (κ1) is 16.3. The molecule has 126 valence electrons. The van der Waals surface area contributed by atoms with Crippen molar-refractivity contribution in [2.45, 2.75) is 32.7 Å². The number of benzene rings is 1. The van der Waals surface area contributed by atoms with Gasteiger partial charge in [0.1, 0.15) is 5.76 Å². The molecule has 0 bridgehead atoms. The number of amides is 2. The summed E-state index contributed by atoms with van der Waals surface area (Å²) in [5.41, 5.74) is 2.00. The highest BCUT2D eigenvalue weighted by Gasteiger charge is 2.47. The number of hydrogen-bond acceptors (Lipinski definition) is 3. The first-order valence-electron chi connectivity index (χ1n) is 8.25. The molecule has 1 heterocycles. The summed E-state index contributed by atoms with van der Waals surface area (Å²) in [7, 11) is 0. The molecule has 1 saturated carbocycles. The lowest BCUT2D eigenvalue weighted by molar-refractivity contribution is -0.125. The van der Waals surface area contributed by atoms with Crippen LogP contribution in [0.25, 0.3) is 0 Å². The van der Waals surface area contributed by atoms with Gasteiger partial charge in [-0.25, -0.2) is 0 Å². The third kappa shape index (κ3) is 3.85. The summed E-state index contributed by atoms with van der Waals surface area (Å²) in [4.78, 5) is 24.3. The van der Waals surface area contributed by atoms with Crippen molar-refractivity contribution < 1.29 is 14.0 Å². The van der Waals surface area contributed by atoms with Gasteiger partial charge in [-0.2, -0.15) is 0 Å². The topological polar surface area (TPSA) is 71.3 Å². The van der Waals surface area contributed by atoms with Gasteiger partial charge in [-0.15, -0.1) is 0 Å². The molecule has 5 heteroatoms. The highest BCUT2D eigenvalue weighted by atomic mass is 16.3. The average molecular weight is 326 g/mol. The van der Waals surface area contributed by atoms with E-state index >= 15 is 0 Å². The van der Waals surface area contributed by atoms with Gasteiger partial charge in [-0.3, -0.25) is 9.59 Å². The van der Waals surface area contributed by atoms with Gasteiger partial charge < -0.3 is 15.1 Å². The zero-order valence-electron chi connectivity index (χ0n) is 13.9. The predicted octanol–water partition coefficient (Wildman–Crippen LogP) is 3.29. The second-order valence-electron chi connectivity index (χ2n) is 6.51. The van der Waals surface area contributed by atoms with Gasteiger partial charge in [-0.05, 0) is 42.2 Å². The van der Waals surface area contributed by atoms with Gasteiger partial charge in [-0.1, -0.05) is 26.0 Å². The van der Waals surface area contributed by atoms with Crippen molar-refractivity contribution >= 4 is 17.5 Å². The Labute approximate surface area is 141 Å². The summed E-state index contributed by atoms with van der Waals surface area (Å²) in [6, 6.07) is 11.4. The van der Waals surface area contributed by atoms with Gasteiger partial charge in [0.2, 0.25) is 11.8 Å². The SMILES string of the molecule is CC(C)c1ccc(NC(=O)C2CC2C(=O)NCc2ccco2)cc1. The molecule has 0 saturated heterocycles. The van der Waals surface area contributed by atoms with Crippen LogP contribution in [0.2, 0.25) is 0 Å². The highest BCUT2D eigenvalue weighted by molar-refractivity contribution is 5.99. The molecule has 24 heavy (non-hydrogen) atoms. The number of anilines is 1. The normalized spacial score (nSPS) is 19.1. The molecule has 1 aliphatic rings. The van der Waals surface area contributed by atoms with Crippen molar-refractivity contribution in [1.82, 2.24) is 5.32 Å². The van der Waals surface area contributed by atoms with Crippen LogP contribution in [-0.4, -0.2) is 11.8 Å². The third-order valence-corrected chi connectivity index (χ3v) is 4.33. The Hall–Kier alpha value is -2.56. The number of carbonyl (C=O) groups is 2. The highest BCUT2D eigenvalue weighted by Crippen LogP contribution is 2.39. The Morgan fingerprint density at radius 1 is 1.12 bits per heavy atom. The Kier molecular flexibility index (Phi) is 4.69. The predicted molar refractivity (Wildman–Crippen MR) is 91.3 cm³/mol. The summed E-state index contributed by atoms with van der Waals surface area (Å²) in [5.74, 6) is 0.490. The minimum absolute atomic E-state index is 0.0922. The zero-order valence-corrected chi connectivity index (χ0v) is 13.9. The van der Waals surface area contributed by atoms with Crippen LogP contribution in [0.4, 0.5) is 5.69 Å². The first-order valence-corrected chi connectivity index (χ1v) is 8.25. The second-order valence-corrected chi connectivity index (χ2v) is 6.51. The lowest BCUT2D eigenvalue weighted by atomic mass is 10.0. The number of nitrogens with one attached hydrogen (secondary N) is 2. The summed E-state index contributed by atoms with van der Waals surface area (Å²) >= 11 is 0. The van der Waals surface area contributed by atoms with Gasteiger partial charge in [0.25, 0.3) is 0 Å². The average Bonchev–Trinajstić information content (AvgIpc) is 3.21. The smallest absolute Gasteiger partial charge is 0.228 e. The van der Waals surface area contributed by atoms with Gasteiger partial charge in [0.05, 0.1) is 24.6 Å². The molecule has 2 N–H and O–H groups in total. The number of carbonyl (C=O) groups excluding carboxylic acids is 2. The molecule has 1 aromatic carbocycles. The molecule has 1 aliphatic carbocycles. The fourth-order valence-corrected chi connectivity index (χ4v) is 2.68. The van der Waals surface area contributed by atoms with E-state index in [-0.39, 0.29) is 23.7 Å². The Bertz CT molecular complexity index is 705. The number of hydrogen-bond donors (Lipinski definition) is 2. The zero-order chi connectivity index (χ0) is 17.1. The standard InChI is InChI=1S/C19H22N2O3/c1-12(2)13-5-7-14(8-6-13)21-19(23)17-10-16(17)18(22)20-11-15-4-3-9-24-15/h3-9,12,16-17H,10-11H2,1-2H3,(H,20,22)(H,21,23). The van der Waals surface area contributed by atoms with E-state index in [2.05, 4.69) is 24.5 Å². The molecular weight excluding hydrogens is 304 g/mol. The largest absolute Gasteiger partial charge is 0.467 e. The van der Waals surface area contributed by atoms with Crippen LogP contribution in [0.3, 0.4) is 0 Å². The molecule has 0 aliphatic heterocycles. The van der Waals surface area contributed by atoms with Crippen LogP contribution in [0.1, 0.15) is 37.5 Å². The number of rotatable bonds is 6. The molecule has 2 atom stereocenters. The van der Waals surface area contributed by atoms with Crippen LogP contribution in [0.15, 0.2) is 47.1 Å². The summed E-state index contributed by atoms with van der Waals surface area (Å²) < 4.78 is 5.17. The first-order chi connectivity index (χ1) is 11.5. The van der Waals surface area contributed by atoms with Crippen molar-refractivity contribution in [3.05, 3.63) is 54.0 Å². The van der Waals surface area contributed by atoms with E-state index in [4.69, 9.17) is 4.42 Å². The quantitative estimate of drug-likeness (QED) is 0.855. The molecule has 3 rings (SSSR count). The van der Waals surface area contributed by atoms with E-state index in [1.54, 1.807) is 18.4 Å². The van der Waals surface area contributed by atoms with Crippen LogP contribution in [0, 0.1) is 11.8 Å². The molecule has 1 fully saturated rings. The van der Waals surface area contributed by atoms with E-state index in [9.17, 15) is 9.59 Å². The number of furan rings is 1. The lowest BCUT2D eigenvalue weighted by Gasteiger charge is -2.08. The minimum Gasteiger partial charge on any atom is -0.467 e. The molecule has 2 amide bonds. The van der Waals surface area contributed by atoms with Crippen LogP contribution in [0.5, 0.6) is 0 Å². The van der Waals surface area contributed by atoms with Crippen LogP contribution in [-0.2, 0) is 16.1 Å². The molecule has 0 spiro atoms. The Balaban J connectivity index is 1.47. The molecule has 0 radical (unpaired) electrons. The van der Waals surface area contributed by atoms with E-state index < -0.39 is 0 Å². The fourth-order valence-electron chi connectivity index (χ4n) is 2.68. The third-order valence-electron chi connectivity index (χ3n) is 4.33. The molecule has 1 aromatic heterocycles. The van der Waals surface area contributed by atoms with Crippen molar-refractivity contribution in [3.8, 4) is 0 Å². The Morgan fingerprint density at radius 2 is 1.83 bits per heavy atom. The van der Waals surface area contributed by atoms with E-state index in [0.29, 0.717) is 24.6 Å². The molecule has 5 nitrogen and oxygen atoms in total. The molecule has 2 aromatic rings. The maximum atomic E-state index is 12.2. The van der Waals surface area contributed by atoms with E-state index in [0.717, 1.165) is 5.69 Å². The minimum atomic E-state index is -0.244. The summed E-state index contributed by atoms with van der Waals surface area (Å²) in [6.45, 7) is 4.61. The fraction of sp³-hybridized carbons (Fsp3) is 0.368. The van der Waals surface area contributed by atoms with Crippen LogP contribution < -0.4 is 10.6 Å². The monoisotopic (exact) mass is 326 g/mol. The van der Waals surface area contributed by atoms with Crippen LogP contribution >= 0.6 is 0 Å².